The Morgan fingerprint density at radius 2 is 1.38 bits per heavy atom. The highest BCUT2D eigenvalue weighted by Gasteiger charge is 2.01. The molecule has 0 heteroatoms. The summed E-state index contributed by atoms with van der Waals surface area (Å²) >= 11 is 0. The molecule has 0 amide bonds. The molecule has 0 aliphatic heterocycles. The standard InChI is InChI=1S/C15H14.3C2H6/c1-3-7-12-10-11-13-8-5-6-9-15(13)14(12)4-2;3*1-2/h3-11H,2H2,1H3;3*1-2H3/b7-3-;;;. The maximum atomic E-state index is 3.89. The molecule has 0 aliphatic rings. The van der Waals surface area contributed by atoms with Crippen molar-refractivity contribution >= 4 is 22.9 Å². The molecular formula is C21H32. The van der Waals surface area contributed by atoms with Crippen LogP contribution in [-0.2, 0) is 0 Å². The molecule has 2 rings (SSSR count). The van der Waals surface area contributed by atoms with Crippen molar-refractivity contribution in [3.63, 3.8) is 0 Å². The first-order valence-electron chi connectivity index (χ1n) is 8.13. The van der Waals surface area contributed by atoms with Crippen LogP contribution in [0.1, 0.15) is 59.6 Å². The lowest BCUT2D eigenvalue weighted by Gasteiger charge is -2.06. The van der Waals surface area contributed by atoms with Gasteiger partial charge >= 0.3 is 0 Å². The van der Waals surface area contributed by atoms with Gasteiger partial charge in [0, 0.05) is 0 Å². The SMILES string of the molecule is C=Cc1c(/C=C\C)ccc2ccccc12.CC.CC.CC. The molecule has 0 saturated heterocycles. The summed E-state index contributed by atoms with van der Waals surface area (Å²) in [5.74, 6) is 0. The largest absolute Gasteiger partial charge is 0.0984 e. The van der Waals surface area contributed by atoms with Crippen molar-refractivity contribution in [2.24, 2.45) is 0 Å². The Labute approximate surface area is 132 Å². The summed E-state index contributed by atoms with van der Waals surface area (Å²) in [7, 11) is 0. The normalized spacial score (nSPS) is 8.71. The average Bonchev–Trinajstić information content (AvgIpc) is 2.60. The average molecular weight is 284 g/mol. The van der Waals surface area contributed by atoms with Crippen LogP contribution in [0.25, 0.3) is 22.9 Å². The molecular weight excluding hydrogens is 252 g/mol. The number of benzene rings is 2. The fraction of sp³-hybridized carbons (Fsp3) is 0.333. The zero-order valence-electron chi connectivity index (χ0n) is 14.9. The molecule has 116 valence electrons. The molecule has 0 heterocycles. The molecule has 0 saturated carbocycles. The van der Waals surface area contributed by atoms with E-state index in [2.05, 4.69) is 55.1 Å². The van der Waals surface area contributed by atoms with E-state index in [1.165, 1.54) is 21.9 Å². The van der Waals surface area contributed by atoms with E-state index in [9.17, 15) is 0 Å². The minimum Gasteiger partial charge on any atom is -0.0984 e. The first kappa shape index (κ1) is 21.5. The minimum absolute atomic E-state index is 1.21. The van der Waals surface area contributed by atoms with Crippen molar-refractivity contribution in [3.8, 4) is 0 Å². The highest BCUT2D eigenvalue weighted by molar-refractivity contribution is 5.93. The molecule has 0 N–H and O–H groups in total. The smallest absolute Gasteiger partial charge is 0.0106 e. The van der Waals surface area contributed by atoms with E-state index in [4.69, 9.17) is 0 Å². The van der Waals surface area contributed by atoms with E-state index in [0.717, 1.165) is 0 Å². The van der Waals surface area contributed by atoms with Gasteiger partial charge in [0.1, 0.15) is 0 Å². The lowest BCUT2D eigenvalue weighted by Crippen LogP contribution is -1.83. The zero-order chi connectivity index (χ0) is 16.7. The minimum atomic E-state index is 1.21. The second-order valence-corrected chi connectivity index (χ2v) is 3.49. The van der Waals surface area contributed by atoms with Gasteiger partial charge in [0.2, 0.25) is 0 Å². The van der Waals surface area contributed by atoms with Crippen LogP contribution in [0.3, 0.4) is 0 Å². The molecule has 0 unspecified atom stereocenters. The van der Waals surface area contributed by atoms with Gasteiger partial charge in [-0.05, 0) is 28.8 Å². The number of fused-ring (bicyclic) bond motifs is 1. The summed E-state index contributed by atoms with van der Waals surface area (Å²) in [5, 5.41) is 2.53. The van der Waals surface area contributed by atoms with Crippen LogP contribution in [0, 0.1) is 0 Å². The summed E-state index contributed by atoms with van der Waals surface area (Å²) in [4.78, 5) is 0. The van der Waals surface area contributed by atoms with Gasteiger partial charge in [-0.15, -0.1) is 0 Å². The maximum absolute atomic E-state index is 3.89. The first-order valence-corrected chi connectivity index (χ1v) is 8.13. The van der Waals surface area contributed by atoms with E-state index in [1.807, 2.05) is 54.5 Å². The molecule has 21 heavy (non-hydrogen) atoms. The fourth-order valence-electron chi connectivity index (χ4n) is 1.87. The van der Waals surface area contributed by atoms with Gasteiger partial charge in [-0.2, -0.15) is 0 Å². The summed E-state index contributed by atoms with van der Waals surface area (Å²) in [6, 6.07) is 12.7. The second-order valence-electron chi connectivity index (χ2n) is 3.49. The summed E-state index contributed by atoms with van der Waals surface area (Å²) in [6.45, 7) is 17.9. The number of rotatable bonds is 2. The topological polar surface area (TPSA) is 0 Å². The fourth-order valence-corrected chi connectivity index (χ4v) is 1.87. The van der Waals surface area contributed by atoms with E-state index in [1.54, 1.807) is 0 Å². The van der Waals surface area contributed by atoms with E-state index >= 15 is 0 Å². The van der Waals surface area contributed by atoms with Gasteiger partial charge < -0.3 is 0 Å². The quantitative estimate of drug-likeness (QED) is 0.532. The van der Waals surface area contributed by atoms with Crippen molar-refractivity contribution in [3.05, 3.63) is 60.2 Å². The molecule has 0 aromatic heterocycles. The Balaban J connectivity index is 0. The van der Waals surface area contributed by atoms with Crippen LogP contribution in [-0.4, -0.2) is 0 Å². The van der Waals surface area contributed by atoms with Gasteiger partial charge in [-0.25, -0.2) is 0 Å². The van der Waals surface area contributed by atoms with Crippen molar-refractivity contribution < 1.29 is 0 Å². The van der Waals surface area contributed by atoms with Gasteiger partial charge in [-0.3, -0.25) is 0 Å². The molecule has 0 nitrogen and oxygen atoms in total. The van der Waals surface area contributed by atoms with Crippen LogP contribution < -0.4 is 0 Å². The second kappa shape index (κ2) is 14.6. The number of hydrogen-bond donors (Lipinski definition) is 0. The lowest BCUT2D eigenvalue weighted by atomic mass is 9.99. The monoisotopic (exact) mass is 284 g/mol. The van der Waals surface area contributed by atoms with Crippen LogP contribution >= 0.6 is 0 Å². The van der Waals surface area contributed by atoms with Gasteiger partial charge in [0.15, 0.2) is 0 Å². The Morgan fingerprint density at radius 1 is 0.810 bits per heavy atom. The van der Waals surface area contributed by atoms with Gasteiger partial charge in [-0.1, -0.05) is 103 Å². The Hall–Kier alpha value is -1.82. The van der Waals surface area contributed by atoms with Crippen LogP contribution in [0.15, 0.2) is 49.1 Å². The molecule has 0 fully saturated rings. The number of allylic oxidation sites excluding steroid dienone is 1. The van der Waals surface area contributed by atoms with E-state index in [0.29, 0.717) is 0 Å². The highest BCUT2D eigenvalue weighted by atomic mass is 14.0. The maximum Gasteiger partial charge on any atom is -0.0106 e. The first-order chi connectivity index (χ1) is 10.4. The molecule has 0 atom stereocenters. The van der Waals surface area contributed by atoms with Gasteiger partial charge in [0.25, 0.3) is 0 Å². The van der Waals surface area contributed by atoms with Crippen LogP contribution in [0.5, 0.6) is 0 Å². The Bertz CT molecular complexity index is 519. The highest BCUT2D eigenvalue weighted by Crippen LogP contribution is 2.24. The summed E-state index contributed by atoms with van der Waals surface area (Å²) < 4.78 is 0. The molecule has 2 aromatic carbocycles. The van der Waals surface area contributed by atoms with Crippen LogP contribution in [0.2, 0.25) is 0 Å². The summed E-state index contributed by atoms with van der Waals surface area (Å²) in [5.41, 5.74) is 2.44. The van der Waals surface area contributed by atoms with Crippen molar-refractivity contribution in [2.75, 3.05) is 0 Å². The molecule has 2 aromatic rings. The van der Waals surface area contributed by atoms with E-state index in [-0.39, 0.29) is 0 Å². The number of hydrogen-bond acceptors (Lipinski definition) is 0. The molecule has 0 aliphatic carbocycles. The van der Waals surface area contributed by atoms with Crippen molar-refractivity contribution in [1.29, 1.82) is 0 Å². The third-order valence-electron chi connectivity index (χ3n) is 2.55. The molecule has 0 spiro atoms. The Kier molecular flexibility index (Phi) is 14.9. The molecule has 0 bridgehead atoms. The third kappa shape index (κ3) is 6.44. The Morgan fingerprint density at radius 3 is 1.90 bits per heavy atom. The predicted octanol–water partition coefficient (Wildman–Crippen LogP) is 7.59. The molecule has 0 radical (unpaired) electrons. The predicted molar refractivity (Wildman–Crippen MR) is 103 cm³/mol. The van der Waals surface area contributed by atoms with Gasteiger partial charge in [0.05, 0.1) is 0 Å². The van der Waals surface area contributed by atoms with Crippen molar-refractivity contribution in [1.82, 2.24) is 0 Å². The van der Waals surface area contributed by atoms with E-state index < -0.39 is 0 Å². The third-order valence-corrected chi connectivity index (χ3v) is 2.55. The van der Waals surface area contributed by atoms with Crippen molar-refractivity contribution in [2.45, 2.75) is 48.5 Å². The summed E-state index contributed by atoms with van der Waals surface area (Å²) in [6.07, 6.45) is 6.10. The zero-order valence-corrected chi connectivity index (χ0v) is 14.9. The lowest BCUT2D eigenvalue weighted by molar-refractivity contribution is 1.50. The van der Waals surface area contributed by atoms with Crippen LogP contribution in [0.4, 0.5) is 0 Å².